The van der Waals surface area contributed by atoms with Crippen LogP contribution in [0.5, 0.6) is 0 Å². The molecule has 1 aromatic carbocycles. The van der Waals surface area contributed by atoms with Gasteiger partial charge >= 0.3 is 0 Å². The van der Waals surface area contributed by atoms with Gasteiger partial charge in [0, 0.05) is 29.1 Å². The Hall–Kier alpha value is -2.10. The summed E-state index contributed by atoms with van der Waals surface area (Å²) in [5.74, 6) is -1.97. The van der Waals surface area contributed by atoms with E-state index in [0.29, 0.717) is 11.3 Å². The lowest BCUT2D eigenvalue weighted by molar-refractivity contribution is 0.103. The Morgan fingerprint density at radius 1 is 1.18 bits per heavy atom. The number of carbonyl (C=O) groups is 1. The smallest absolute Gasteiger partial charge is 0.195 e. The lowest BCUT2D eigenvalue weighted by Crippen LogP contribution is -2.05. The van der Waals surface area contributed by atoms with Gasteiger partial charge in [0.1, 0.15) is 11.6 Å². The van der Waals surface area contributed by atoms with Gasteiger partial charge in [-0.1, -0.05) is 0 Å². The van der Waals surface area contributed by atoms with E-state index in [0.717, 1.165) is 18.2 Å². The quantitative estimate of drug-likeness (QED) is 0.746. The highest BCUT2D eigenvalue weighted by Crippen LogP contribution is 2.14. The van der Waals surface area contributed by atoms with Crippen molar-refractivity contribution in [3.8, 4) is 0 Å². The summed E-state index contributed by atoms with van der Waals surface area (Å²) in [6, 6.07) is 5.94. The largest absolute Gasteiger partial charge is 0.289 e. The van der Waals surface area contributed by atoms with Gasteiger partial charge in [0.05, 0.1) is 0 Å². The molecule has 17 heavy (non-hydrogen) atoms. The van der Waals surface area contributed by atoms with Crippen LogP contribution in [0.25, 0.3) is 0 Å². The molecule has 0 aliphatic heterocycles. The first-order valence-corrected chi connectivity index (χ1v) is 5.00. The Morgan fingerprint density at radius 3 is 2.41 bits per heavy atom. The maximum Gasteiger partial charge on any atom is 0.195 e. The molecule has 0 fully saturated rings. The highest BCUT2D eigenvalue weighted by molar-refractivity contribution is 6.09. The van der Waals surface area contributed by atoms with Crippen LogP contribution in [0.4, 0.5) is 8.78 Å². The summed E-state index contributed by atoms with van der Waals surface area (Å²) in [6.45, 7) is 1.67. The fourth-order valence-electron chi connectivity index (χ4n) is 1.56. The van der Waals surface area contributed by atoms with E-state index in [1.807, 2.05) is 0 Å². The average Bonchev–Trinajstić information content (AvgIpc) is 2.27. The summed E-state index contributed by atoms with van der Waals surface area (Å²) < 4.78 is 26.0. The second-order valence-electron chi connectivity index (χ2n) is 3.62. The monoisotopic (exact) mass is 233 g/mol. The fraction of sp³-hybridized carbons (Fsp3) is 0.0769. The highest BCUT2D eigenvalue weighted by atomic mass is 19.1. The Morgan fingerprint density at radius 2 is 1.82 bits per heavy atom. The molecule has 0 aliphatic rings. The Bertz CT molecular complexity index is 561. The first-order chi connectivity index (χ1) is 8.08. The molecule has 1 aromatic heterocycles. The first kappa shape index (κ1) is 11.4. The summed E-state index contributed by atoms with van der Waals surface area (Å²) in [4.78, 5) is 16.0. The van der Waals surface area contributed by atoms with Crippen LogP contribution in [-0.4, -0.2) is 10.8 Å². The van der Waals surface area contributed by atoms with Crippen LogP contribution >= 0.6 is 0 Å². The molecule has 0 bridgehead atoms. The molecule has 1 heterocycles. The summed E-state index contributed by atoms with van der Waals surface area (Å²) in [7, 11) is 0. The molecule has 86 valence electrons. The molecule has 0 unspecified atom stereocenters. The molecule has 4 heteroatoms. The highest BCUT2D eigenvalue weighted by Gasteiger charge is 2.13. The third kappa shape index (κ3) is 2.36. The van der Waals surface area contributed by atoms with E-state index in [1.54, 1.807) is 25.3 Å². The van der Waals surface area contributed by atoms with Crippen molar-refractivity contribution in [1.82, 2.24) is 4.98 Å². The van der Waals surface area contributed by atoms with Gasteiger partial charge in [-0.3, -0.25) is 9.78 Å². The van der Waals surface area contributed by atoms with Crippen molar-refractivity contribution < 1.29 is 13.6 Å². The maximum atomic E-state index is 13.0. The number of benzene rings is 1. The van der Waals surface area contributed by atoms with Crippen molar-refractivity contribution >= 4 is 5.78 Å². The van der Waals surface area contributed by atoms with Gasteiger partial charge in [-0.25, -0.2) is 8.78 Å². The minimum atomic E-state index is -0.769. The normalized spacial score (nSPS) is 10.3. The van der Waals surface area contributed by atoms with Gasteiger partial charge in [-0.05, 0) is 31.2 Å². The summed E-state index contributed by atoms with van der Waals surface area (Å²) in [5.41, 5.74) is 0.860. The van der Waals surface area contributed by atoms with Gasteiger partial charge < -0.3 is 0 Å². The van der Waals surface area contributed by atoms with Crippen molar-refractivity contribution in [2.24, 2.45) is 0 Å². The molecule has 0 aliphatic carbocycles. The maximum absolute atomic E-state index is 13.0. The van der Waals surface area contributed by atoms with E-state index >= 15 is 0 Å². The van der Waals surface area contributed by atoms with Gasteiger partial charge in [0.2, 0.25) is 0 Å². The van der Waals surface area contributed by atoms with Gasteiger partial charge in [-0.15, -0.1) is 0 Å². The number of ketones is 1. The Balaban J connectivity index is 2.48. The predicted molar refractivity (Wildman–Crippen MR) is 58.8 cm³/mol. The number of halogens is 2. The van der Waals surface area contributed by atoms with Crippen LogP contribution in [0.3, 0.4) is 0 Å². The van der Waals surface area contributed by atoms with Crippen molar-refractivity contribution in [3.05, 3.63) is 65.0 Å². The number of rotatable bonds is 2. The molecular weight excluding hydrogens is 224 g/mol. The second-order valence-corrected chi connectivity index (χ2v) is 3.62. The number of aryl methyl sites for hydroxylation is 1. The fourth-order valence-corrected chi connectivity index (χ4v) is 1.56. The van der Waals surface area contributed by atoms with Crippen LogP contribution in [0.2, 0.25) is 0 Å². The van der Waals surface area contributed by atoms with E-state index in [2.05, 4.69) is 4.98 Å². The van der Waals surface area contributed by atoms with Crippen LogP contribution in [0.15, 0.2) is 36.5 Å². The molecule has 2 nitrogen and oxygen atoms in total. The van der Waals surface area contributed by atoms with Crippen LogP contribution in [0.1, 0.15) is 21.6 Å². The number of hydrogen-bond donors (Lipinski definition) is 0. The van der Waals surface area contributed by atoms with Gasteiger partial charge in [0.15, 0.2) is 5.78 Å². The van der Waals surface area contributed by atoms with E-state index < -0.39 is 17.4 Å². The van der Waals surface area contributed by atoms with E-state index in [4.69, 9.17) is 0 Å². The summed E-state index contributed by atoms with van der Waals surface area (Å²) in [5, 5.41) is 0. The predicted octanol–water partition coefficient (Wildman–Crippen LogP) is 2.90. The zero-order chi connectivity index (χ0) is 12.4. The van der Waals surface area contributed by atoms with Crippen LogP contribution < -0.4 is 0 Å². The number of hydrogen-bond acceptors (Lipinski definition) is 2. The van der Waals surface area contributed by atoms with Gasteiger partial charge in [-0.2, -0.15) is 0 Å². The number of carbonyl (C=O) groups excluding carboxylic acids is 1. The molecule has 2 aromatic rings. The Kier molecular flexibility index (Phi) is 2.95. The lowest BCUT2D eigenvalue weighted by atomic mass is 10.0. The average molecular weight is 233 g/mol. The van der Waals surface area contributed by atoms with E-state index in [9.17, 15) is 13.6 Å². The third-order valence-corrected chi connectivity index (χ3v) is 2.38. The van der Waals surface area contributed by atoms with E-state index in [1.165, 1.54) is 0 Å². The van der Waals surface area contributed by atoms with Crippen molar-refractivity contribution in [1.29, 1.82) is 0 Å². The first-order valence-electron chi connectivity index (χ1n) is 5.00. The molecule has 0 saturated heterocycles. The molecule has 0 spiro atoms. The lowest BCUT2D eigenvalue weighted by Gasteiger charge is -2.04. The van der Waals surface area contributed by atoms with Crippen LogP contribution in [-0.2, 0) is 0 Å². The van der Waals surface area contributed by atoms with Crippen molar-refractivity contribution in [2.45, 2.75) is 6.92 Å². The van der Waals surface area contributed by atoms with Crippen molar-refractivity contribution in [3.63, 3.8) is 0 Å². The van der Waals surface area contributed by atoms with Gasteiger partial charge in [0.25, 0.3) is 0 Å². The number of nitrogens with zero attached hydrogens (tertiary/aromatic N) is 1. The topological polar surface area (TPSA) is 30.0 Å². The summed E-state index contributed by atoms with van der Waals surface area (Å²) in [6.07, 6.45) is 1.55. The van der Waals surface area contributed by atoms with Crippen LogP contribution in [0, 0.1) is 18.6 Å². The zero-order valence-electron chi connectivity index (χ0n) is 9.08. The minimum absolute atomic E-state index is 0.0152. The molecular formula is C13H9F2NO. The molecule has 0 N–H and O–H groups in total. The third-order valence-electron chi connectivity index (χ3n) is 2.38. The number of aromatic nitrogens is 1. The molecule has 0 atom stereocenters. The van der Waals surface area contributed by atoms with E-state index in [-0.39, 0.29) is 5.56 Å². The van der Waals surface area contributed by atoms with Crippen molar-refractivity contribution in [2.75, 3.05) is 0 Å². The molecule has 0 amide bonds. The SMILES string of the molecule is Cc1ncccc1C(=O)c1cc(F)cc(F)c1. The zero-order valence-corrected chi connectivity index (χ0v) is 9.08. The minimum Gasteiger partial charge on any atom is -0.289 e. The standard InChI is InChI=1S/C13H9F2NO/c1-8-12(3-2-4-16-8)13(17)9-5-10(14)7-11(15)6-9/h2-7H,1H3. The number of pyridine rings is 1. The second kappa shape index (κ2) is 4.41. The molecule has 0 radical (unpaired) electrons. The molecule has 0 saturated carbocycles. The Labute approximate surface area is 96.9 Å². The molecule has 2 rings (SSSR count). The summed E-state index contributed by atoms with van der Waals surface area (Å²) >= 11 is 0.